The molecule has 1 amide bonds. The predicted molar refractivity (Wildman–Crippen MR) is 86.2 cm³/mol. The number of halogens is 3. The van der Waals surface area contributed by atoms with Crippen molar-refractivity contribution in [1.29, 1.82) is 0 Å². The van der Waals surface area contributed by atoms with Gasteiger partial charge in [0.1, 0.15) is 18.2 Å². The van der Waals surface area contributed by atoms with E-state index in [2.05, 4.69) is 10.4 Å². The molecule has 6 nitrogen and oxygen atoms in total. The Kier molecular flexibility index (Phi) is 4.62. The lowest BCUT2D eigenvalue weighted by Gasteiger charge is -2.06. The maximum Gasteiger partial charge on any atom is 0.437 e. The Hall–Kier alpha value is -3.00. The van der Waals surface area contributed by atoms with E-state index >= 15 is 0 Å². The first-order chi connectivity index (χ1) is 11.9. The standard InChI is InChI=1S/C16H10ClF2N3O3/c17-12-7-11(19)5-6-13(12)20-14(23)8-22-16(24)25-15(21-22)9-1-3-10(18)4-2-9/h1-7H,8H2,(H,20,23). The van der Waals surface area contributed by atoms with Gasteiger partial charge in [0.15, 0.2) is 0 Å². The molecule has 0 aliphatic carbocycles. The molecule has 3 aromatic rings. The molecule has 1 heterocycles. The quantitative estimate of drug-likeness (QED) is 0.770. The van der Waals surface area contributed by atoms with Gasteiger partial charge in [-0.25, -0.2) is 13.6 Å². The van der Waals surface area contributed by atoms with E-state index < -0.39 is 29.8 Å². The number of nitrogens with zero attached hydrogens (tertiary/aromatic N) is 2. The molecule has 1 N–H and O–H groups in total. The minimum Gasteiger partial charge on any atom is -0.388 e. The van der Waals surface area contributed by atoms with Gasteiger partial charge in [-0.2, -0.15) is 4.68 Å². The van der Waals surface area contributed by atoms with Gasteiger partial charge in [0.2, 0.25) is 11.8 Å². The van der Waals surface area contributed by atoms with Crippen LogP contribution in [0.5, 0.6) is 0 Å². The van der Waals surface area contributed by atoms with Gasteiger partial charge in [0, 0.05) is 5.56 Å². The van der Waals surface area contributed by atoms with E-state index in [-0.39, 0.29) is 16.6 Å². The zero-order chi connectivity index (χ0) is 18.0. The van der Waals surface area contributed by atoms with E-state index in [1.165, 1.54) is 30.3 Å². The van der Waals surface area contributed by atoms with Crippen molar-refractivity contribution in [2.24, 2.45) is 0 Å². The average Bonchev–Trinajstić information content (AvgIpc) is 2.91. The normalized spacial score (nSPS) is 10.7. The number of benzene rings is 2. The van der Waals surface area contributed by atoms with Crippen LogP contribution in [0.4, 0.5) is 14.5 Å². The van der Waals surface area contributed by atoms with Crippen LogP contribution in [0, 0.1) is 11.6 Å². The van der Waals surface area contributed by atoms with Gasteiger partial charge in [-0.05, 0) is 42.5 Å². The third-order valence-corrected chi connectivity index (χ3v) is 3.51. The summed E-state index contributed by atoms with van der Waals surface area (Å²) in [5.41, 5.74) is 0.586. The number of carbonyl (C=O) groups excluding carboxylic acids is 1. The minimum atomic E-state index is -0.848. The second-order valence-corrected chi connectivity index (χ2v) is 5.42. The van der Waals surface area contributed by atoms with Crippen LogP contribution in [0.15, 0.2) is 51.7 Å². The molecule has 0 saturated heterocycles. The Balaban J connectivity index is 1.75. The van der Waals surface area contributed by atoms with Crippen LogP contribution in [0.1, 0.15) is 0 Å². The van der Waals surface area contributed by atoms with Gasteiger partial charge in [-0.1, -0.05) is 11.6 Å². The largest absolute Gasteiger partial charge is 0.437 e. The highest BCUT2D eigenvalue weighted by molar-refractivity contribution is 6.33. The molecule has 0 spiro atoms. The number of anilines is 1. The lowest BCUT2D eigenvalue weighted by atomic mass is 10.2. The summed E-state index contributed by atoms with van der Waals surface area (Å²) in [4.78, 5) is 23.8. The number of hydrogen-bond donors (Lipinski definition) is 1. The number of amides is 1. The molecule has 0 aliphatic rings. The van der Waals surface area contributed by atoms with E-state index in [1.54, 1.807) is 0 Å². The van der Waals surface area contributed by atoms with Crippen molar-refractivity contribution >= 4 is 23.2 Å². The molecule has 9 heteroatoms. The van der Waals surface area contributed by atoms with E-state index in [0.29, 0.717) is 5.56 Å². The Morgan fingerprint density at radius 2 is 1.84 bits per heavy atom. The predicted octanol–water partition coefficient (Wildman–Crippen LogP) is 3.07. The molecule has 0 radical (unpaired) electrons. The van der Waals surface area contributed by atoms with Crippen molar-refractivity contribution < 1.29 is 18.0 Å². The lowest BCUT2D eigenvalue weighted by Crippen LogP contribution is -2.26. The van der Waals surface area contributed by atoms with Crippen LogP contribution in [0.25, 0.3) is 11.5 Å². The summed E-state index contributed by atoms with van der Waals surface area (Å²) in [5, 5.41) is 6.35. The summed E-state index contributed by atoms with van der Waals surface area (Å²) in [6.45, 7) is -0.433. The van der Waals surface area contributed by atoms with Crippen LogP contribution < -0.4 is 11.1 Å². The Morgan fingerprint density at radius 1 is 1.16 bits per heavy atom. The smallest absolute Gasteiger partial charge is 0.388 e. The second kappa shape index (κ2) is 6.86. The fourth-order valence-corrected chi connectivity index (χ4v) is 2.25. The van der Waals surface area contributed by atoms with Gasteiger partial charge in [-0.15, -0.1) is 5.10 Å². The number of rotatable bonds is 4. The van der Waals surface area contributed by atoms with Gasteiger partial charge < -0.3 is 9.73 Å². The zero-order valence-corrected chi connectivity index (χ0v) is 13.3. The molecule has 128 valence electrons. The molecule has 0 saturated carbocycles. The van der Waals surface area contributed by atoms with Crippen LogP contribution in [-0.4, -0.2) is 15.7 Å². The van der Waals surface area contributed by atoms with Gasteiger partial charge in [-0.3, -0.25) is 4.79 Å². The summed E-state index contributed by atoms with van der Waals surface area (Å²) in [7, 11) is 0. The molecule has 0 aliphatic heterocycles. The van der Waals surface area contributed by atoms with E-state index in [1.807, 2.05) is 0 Å². The SMILES string of the molecule is O=C(Cn1nc(-c2ccc(F)cc2)oc1=O)Nc1ccc(F)cc1Cl. The first kappa shape index (κ1) is 16.8. The molecule has 0 fully saturated rings. The topological polar surface area (TPSA) is 77.1 Å². The first-order valence-electron chi connectivity index (χ1n) is 7.01. The summed E-state index contributed by atoms with van der Waals surface area (Å²) in [6, 6.07) is 8.65. The molecule has 25 heavy (non-hydrogen) atoms. The van der Waals surface area contributed by atoms with E-state index in [4.69, 9.17) is 16.0 Å². The highest BCUT2D eigenvalue weighted by atomic mass is 35.5. The summed E-state index contributed by atoms with van der Waals surface area (Å²) < 4.78 is 31.7. The summed E-state index contributed by atoms with van der Waals surface area (Å²) in [5.74, 6) is -2.48. The molecule has 0 atom stereocenters. The number of hydrogen-bond acceptors (Lipinski definition) is 4. The average molecular weight is 366 g/mol. The molecule has 2 aromatic carbocycles. The highest BCUT2D eigenvalue weighted by Crippen LogP contribution is 2.22. The number of carbonyl (C=O) groups is 1. The van der Waals surface area contributed by atoms with Crippen molar-refractivity contribution in [3.05, 3.63) is 69.7 Å². The first-order valence-corrected chi connectivity index (χ1v) is 7.39. The second-order valence-electron chi connectivity index (χ2n) is 5.01. The molecule has 3 rings (SSSR count). The monoisotopic (exact) mass is 365 g/mol. The van der Waals surface area contributed by atoms with Crippen molar-refractivity contribution in [2.75, 3.05) is 5.32 Å². The molecule has 0 bridgehead atoms. The van der Waals surface area contributed by atoms with Gasteiger partial charge in [0.05, 0.1) is 10.7 Å². The third kappa shape index (κ3) is 3.92. The van der Waals surface area contributed by atoms with Crippen molar-refractivity contribution in [1.82, 2.24) is 9.78 Å². The number of nitrogens with one attached hydrogen (secondary N) is 1. The Bertz CT molecular complexity index is 983. The Morgan fingerprint density at radius 3 is 2.52 bits per heavy atom. The fraction of sp³-hybridized carbons (Fsp3) is 0.0625. The van der Waals surface area contributed by atoms with Crippen LogP contribution in [-0.2, 0) is 11.3 Å². The minimum absolute atomic E-state index is 0.0212. The maximum absolute atomic E-state index is 13.0. The highest BCUT2D eigenvalue weighted by Gasteiger charge is 2.14. The molecular weight excluding hydrogens is 356 g/mol. The molecule has 1 aromatic heterocycles. The lowest BCUT2D eigenvalue weighted by molar-refractivity contribution is -0.117. The van der Waals surface area contributed by atoms with Crippen molar-refractivity contribution in [3.8, 4) is 11.5 Å². The molecule has 0 unspecified atom stereocenters. The Labute approximate surface area is 144 Å². The zero-order valence-electron chi connectivity index (χ0n) is 12.5. The van der Waals surface area contributed by atoms with Crippen molar-refractivity contribution in [3.63, 3.8) is 0 Å². The molecular formula is C16H10ClF2N3O3. The van der Waals surface area contributed by atoms with Crippen LogP contribution >= 0.6 is 11.6 Å². The van der Waals surface area contributed by atoms with Gasteiger partial charge in [0.25, 0.3) is 0 Å². The van der Waals surface area contributed by atoms with E-state index in [9.17, 15) is 18.4 Å². The van der Waals surface area contributed by atoms with Crippen LogP contribution in [0.3, 0.4) is 0 Å². The summed E-state index contributed by atoms with van der Waals surface area (Å²) in [6.07, 6.45) is 0. The van der Waals surface area contributed by atoms with Crippen LogP contribution in [0.2, 0.25) is 5.02 Å². The fourth-order valence-electron chi connectivity index (χ4n) is 2.03. The van der Waals surface area contributed by atoms with Gasteiger partial charge >= 0.3 is 5.76 Å². The summed E-state index contributed by atoms with van der Waals surface area (Å²) >= 11 is 5.82. The number of aromatic nitrogens is 2. The third-order valence-electron chi connectivity index (χ3n) is 3.20. The maximum atomic E-state index is 13.0. The van der Waals surface area contributed by atoms with Crippen molar-refractivity contribution in [2.45, 2.75) is 6.54 Å². The van der Waals surface area contributed by atoms with E-state index in [0.717, 1.165) is 16.8 Å².